The monoisotopic (exact) mass is 588 g/mol. The number of hydrogen-bond acceptors (Lipinski definition) is 5. The molecular weight excluding hydrogens is 569 g/mol. The fourth-order valence-electron chi connectivity index (χ4n) is 4.56. The molecule has 11 heteroatoms. The van der Waals surface area contributed by atoms with Crippen molar-refractivity contribution in [2.24, 2.45) is 0 Å². The Morgan fingerprint density at radius 2 is 1.03 bits per heavy atom. The van der Waals surface area contributed by atoms with Gasteiger partial charge in [0.2, 0.25) is 11.6 Å². The van der Waals surface area contributed by atoms with Gasteiger partial charge in [-0.05, 0) is 85.3 Å². The predicted molar refractivity (Wildman–Crippen MR) is 150 cm³/mol. The molecule has 39 heavy (non-hydrogen) atoms. The molecule has 0 saturated carbocycles. The van der Waals surface area contributed by atoms with Crippen LogP contribution >= 0.6 is 35.0 Å². The maximum Gasteiger partial charge on any atom is 0.306 e. The van der Waals surface area contributed by atoms with E-state index in [0.29, 0.717) is 22.3 Å². The zero-order valence-electron chi connectivity index (χ0n) is 21.1. The van der Waals surface area contributed by atoms with Gasteiger partial charge in [0, 0.05) is 33.1 Å². The Hall–Kier alpha value is -3.53. The van der Waals surface area contributed by atoms with E-state index in [4.69, 9.17) is 23.2 Å². The summed E-state index contributed by atoms with van der Waals surface area (Å²) in [6.07, 6.45) is 0. The first-order valence-corrected chi connectivity index (χ1v) is 13.0. The van der Waals surface area contributed by atoms with Crippen molar-refractivity contribution in [1.82, 2.24) is 0 Å². The Morgan fingerprint density at radius 1 is 0.667 bits per heavy atom. The Balaban J connectivity index is 1.82. The third-order valence-electron chi connectivity index (χ3n) is 6.47. The first-order valence-electron chi connectivity index (χ1n) is 11.5. The molecule has 0 aliphatic rings. The Labute approximate surface area is 236 Å². The van der Waals surface area contributed by atoms with Gasteiger partial charge in [-0.1, -0.05) is 47.1 Å². The minimum absolute atomic E-state index is 0.0556. The molecule has 200 valence electrons. The molecule has 4 aromatic rings. The summed E-state index contributed by atoms with van der Waals surface area (Å²) in [5.41, 5.74) is 3.78. The van der Waals surface area contributed by atoms with Crippen molar-refractivity contribution < 1.29 is 18.6 Å². The summed E-state index contributed by atoms with van der Waals surface area (Å²) in [5, 5.41) is 22.4. The van der Waals surface area contributed by atoms with Gasteiger partial charge in [0.25, 0.3) is 0 Å². The first-order chi connectivity index (χ1) is 18.3. The SMILES string of the molecule is Cc1ccc(Sc2ccc(C)c(-c3cc(F)c([N+](=O)[O-])cc3Cl)c2C)c(C)c1-c1cc(F)c([N+](=O)[O-])cc1Cl. The lowest BCUT2D eigenvalue weighted by Gasteiger charge is -2.19. The number of nitro benzene ring substituents is 2. The fourth-order valence-corrected chi connectivity index (χ4v) is 6.08. The lowest BCUT2D eigenvalue weighted by molar-refractivity contribution is -0.387. The van der Waals surface area contributed by atoms with Crippen molar-refractivity contribution in [3.05, 3.63) is 113 Å². The van der Waals surface area contributed by atoms with Gasteiger partial charge in [-0.15, -0.1) is 0 Å². The van der Waals surface area contributed by atoms with Gasteiger partial charge in [-0.25, -0.2) is 0 Å². The van der Waals surface area contributed by atoms with E-state index in [1.807, 2.05) is 52.0 Å². The van der Waals surface area contributed by atoms with Crippen LogP contribution in [0.3, 0.4) is 0 Å². The predicted octanol–water partition coefficient (Wildman–Crippen LogP) is 9.81. The zero-order chi connectivity index (χ0) is 28.8. The Morgan fingerprint density at radius 3 is 1.36 bits per heavy atom. The lowest BCUT2D eigenvalue weighted by atomic mass is 9.95. The number of nitro groups is 2. The van der Waals surface area contributed by atoms with Crippen LogP contribution in [0.25, 0.3) is 22.3 Å². The minimum Gasteiger partial charge on any atom is -0.258 e. The van der Waals surface area contributed by atoms with Gasteiger partial charge >= 0.3 is 11.4 Å². The molecule has 0 atom stereocenters. The third kappa shape index (κ3) is 5.34. The van der Waals surface area contributed by atoms with Crippen molar-refractivity contribution in [3.8, 4) is 22.3 Å². The minimum atomic E-state index is -0.984. The van der Waals surface area contributed by atoms with E-state index in [1.165, 1.54) is 11.8 Å². The third-order valence-corrected chi connectivity index (χ3v) is 8.42. The van der Waals surface area contributed by atoms with E-state index < -0.39 is 32.9 Å². The number of halogens is 4. The van der Waals surface area contributed by atoms with Gasteiger partial charge < -0.3 is 0 Å². The van der Waals surface area contributed by atoms with Gasteiger partial charge in [0.15, 0.2) is 0 Å². The van der Waals surface area contributed by atoms with Crippen molar-refractivity contribution >= 4 is 46.3 Å². The second-order valence-corrected chi connectivity index (χ2v) is 10.8. The van der Waals surface area contributed by atoms with Crippen molar-refractivity contribution in [3.63, 3.8) is 0 Å². The van der Waals surface area contributed by atoms with Crippen molar-refractivity contribution in [1.29, 1.82) is 0 Å². The lowest BCUT2D eigenvalue weighted by Crippen LogP contribution is -1.98. The zero-order valence-corrected chi connectivity index (χ0v) is 23.4. The maximum absolute atomic E-state index is 14.5. The molecule has 0 aromatic heterocycles. The molecule has 0 spiro atoms. The molecule has 0 saturated heterocycles. The van der Waals surface area contributed by atoms with E-state index >= 15 is 0 Å². The summed E-state index contributed by atoms with van der Waals surface area (Å²) in [6, 6.07) is 11.7. The Kier molecular flexibility index (Phi) is 7.97. The van der Waals surface area contributed by atoms with Crippen LogP contribution in [-0.2, 0) is 0 Å². The van der Waals surface area contributed by atoms with Gasteiger partial charge in [0.1, 0.15) is 0 Å². The molecule has 0 N–H and O–H groups in total. The topological polar surface area (TPSA) is 86.3 Å². The summed E-state index contributed by atoms with van der Waals surface area (Å²) in [5.74, 6) is -1.97. The second-order valence-electron chi connectivity index (χ2n) is 8.94. The molecule has 0 aliphatic carbocycles. The van der Waals surface area contributed by atoms with Crippen LogP contribution in [0, 0.1) is 59.6 Å². The fraction of sp³-hybridized carbons (Fsp3) is 0.143. The normalized spacial score (nSPS) is 11.1. The van der Waals surface area contributed by atoms with Crippen LogP contribution < -0.4 is 0 Å². The summed E-state index contributed by atoms with van der Waals surface area (Å²) in [6.45, 7) is 7.39. The largest absolute Gasteiger partial charge is 0.306 e. The van der Waals surface area contributed by atoms with Crippen molar-refractivity contribution in [2.75, 3.05) is 0 Å². The standard InChI is InChI=1S/C28H20Cl2F2N2O4S/c1-13-5-7-25(15(3)27(13)17-9-21(31)23(33(35)36)11-19(17)29)39-26-8-6-14(2)28(16(26)4)18-10-22(32)24(34(37)38)12-20(18)30/h5-12H,1-4H3. The number of rotatable bonds is 6. The quantitative estimate of drug-likeness (QED) is 0.165. The van der Waals surface area contributed by atoms with E-state index in [9.17, 15) is 29.0 Å². The van der Waals surface area contributed by atoms with Crippen LogP contribution in [0.15, 0.2) is 58.3 Å². The van der Waals surface area contributed by atoms with Crippen LogP contribution in [0.1, 0.15) is 22.3 Å². The molecule has 0 unspecified atom stereocenters. The molecule has 4 aromatic carbocycles. The summed E-state index contributed by atoms with van der Waals surface area (Å²) in [7, 11) is 0. The molecule has 0 bridgehead atoms. The average Bonchev–Trinajstić information content (AvgIpc) is 2.85. The smallest absolute Gasteiger partial charge is 0.258 e. The highest BCUT2D eigenvalue weighted by Crippen LogP contribution is 2.44. The molecule has 0 amide bonds. The van der Waals surface area contributed by atoms with Crippen LogP contribution in [0.5, 0.6) is 0 Å². The average molecular weight is 589 g/mol. The highest BCUT2D eigenvalue weighted by molar-refractivity contribution is 7.99. The molecule has 4 rings (SSSR count). The molecular formula is C28H20Cl2F2N2O4S. The number of benzene rings is 4. The molecule has 0 aliphatic heterocycles. The molecule has 0 fully saturated rings. The molecule has 0 radical (unpaired) electrons. The van der Waals surface area contributed by atoms with Crippen LogP contribution in [0.4, 0.5) is 20.2 Å². The van der Waals surface area contributed by atoms with Gasteiger partial charge in [-0.3, -0.25) is 20.2 Å². The van der Waals surface area contributed by atoms with E-state index in [-0.39, 0.29) is 10.0 Å². The second kappa shape index (κ2) is 10.9. The van der Waals surface area contributed by atoms with Gasteiger partial charge in [-0.2, -0.15) is 8.78 Å². The van der Waals surface area contributed by atoms with Crippen LogP contribution in [0.2, 0.25) is 10.0 Å². The highest BCUT2D eigenvalue weighted by Gasteiger charge is 2.23. The molecule has 0 heterocycles. The van der Waals surface area contributed by atoms with Gasteiger partial charge in [0.05, 0.1) is 19.9 Å². The number of aryl methyl sites for hydroxylation is 2. The number of hydrogen-bond donors (Lipinski definition) is 0. The van der Waals surface area contributed by atoms with E-state index in [2.05, 4.69) is 0 Å². The Bertz CT molecular complexity index is 1570. The van der Waals surface area contributed by atoms with E-state index in [1.54, 1.807) is 0 Å². The first kappa shape index (κ1) is 28.5. The summed E-state index contributed by atoms with van der Waals surface area (Å²) < 4.78 is 29.0. The number of nitrogens with zero attached hydrogens (tertiary/aromatic N) is 2. The summed E-state index contributed by atoms with van der Waals surface area (Å²) in [4.78, 5) is 22.3. The maximum atomic E-state index is 14.5. The van der Waals surface area contributed by atoms with E-state index in [0.717, 1.165) is 56.3 Å². The van der Waals surface area contributed by atoms with Crippen molar-refractivity contribution in [2.45, 2.75) is 37.5 Å². The van der Waals surface area contributed by atoms with Crippen LogP contribution in [-0.4, -0.2) is 9.85 Å². The molecule has 6 nitrogen and oxygen atoms in total. The highest BCUT2D eigenvalue weighted by atomic mass is 35.5. The summed E-state index contributed by atoms with van der Waals surface area (Å²) >= 11 is 14.1.